The molecule has 1 aromatic heterocycles. The van der Waals surface area contributed by atoms with E-state index in [1.165, 1.54) is 0 Å². The van der Waals surface area contributed by atoms with E-state index in [2.05, 4.69) is 49.9 Å². The van der Waals surface area contributed by atoms with Crippen molar-refractivity contribution in [2.75, 3.05) is 6.61 Å². The molecule has 18 heavy (non-hydrogen) atoms. The van der Waals surface area contributed by atoms with Gasteiger partial charge in [0.25, 0.3) is 0 Å². The summed E-state index contributed by atoms with van der Waals surface area (Å²) < 4.78 is 5.73. The number of hydrogen-bond acceptors (Lipinski definition) is 3. The number of imidazole rings is 1. The molecule has 0 fully saturated rings. The minimum atomic E-state index is 0.0541. The van der Waals surface area contributed by atoms with Crippen LogP contribution in [0.5, 0.6) is 0 Å². The Morgan fingerprint density at radius 2 is 2.06 bits per heavy atom. The normalized spacial score (nSPS) is 14.2. The van der Waals surface area contributed by atoms with Crippen molar-refractivity contribution in [1.29, 1.82) is 0 Å². The van der Waals surface area contributed by atoms with Crippen LogP contribution in [0.15, 0.2) is 6.20 Å². The molecule has 1 atom stereocenters. The maximum absolute atomic E-state index is 5.73. The maximum Gasteiger partial charge on any atom is 0.135 e. The minimum absolute atomic E-state index is 0.0541. The molecule has 4 heteroatoms. The summed E-state index contributed by atoms with van der Waals surface area (Å²) >= 11 is 0. The zero-order valence-electron chi connectivity index (χ0n) is 12.5. The molecule has 0 saturated carbocycles. The highest BCUT2D eigenvalue weighted by atomic mass is 16.5. The Labute approximate surface area is 111 Å². The van der Waals surface area contributed by atoms with Crippen molar-refractivity contribution in [3.05, 3.63) is 17.7 Å². The third-order valence-electron chi connectivity index (χ3n) is 2.68. The molecular weight excluding hydrogens is 226 g/mol. The van der Waals surface area contributed by atoms with Crippen LogP contribution >= 0.6 is 0 Å². The van der Waals surface area contributed by atoms with Gasteiger partial charge in [0.15, 0.2) is 0 Å². The average molecular weight is 253 g/mol. The van der Waals surface area contributed by atoms with Crippen molar-refractivity contribution in [2.24, 2.45) is 5.92 Å². The smallest absolute Gasteiger partial charge is 0.135 e. The Bertz CT molecular complexity index is 352. The molecule has 0 aliphatic heterocycles. The highest BCUT2D eigenvalue weighted by molar-refractivity contribution is 5.04. The van der Waals surface area contributed by atoms with Crippen LogP contribution in [-0.2, 0) is 11.3 Å². The summed E-state index contributed by atoms with van der Waals surface area (Å²) in [4.78, 5) is 7.79. The molecule has 2 N–H and O–H groups in total. The van der Waals surface area contributed by atoms with Gasteiger partial charge in [0.1, 0.15) is 11.9 Å². The van der Waals surface area contributed by atoms with Crippen LogP contribution in [0.2, 0.25) is 0 Å². The fourth-order valence-corrected chi connectivity index (χ4v) is 1.74. The van der Waals surface area contributed by atoms with E-state index in [0.717, 1.165) is 18.1 Å². The molecule has 0 aromatic carbocycles. The summed E-state index contributed by atoms with van der Waals surface area (Å²) in [6, 6.07) is 0. The van der Waals surface area contributed by atoms with Gasteiger partial charge in [-0.15, -0.1) is 0 Å². The van der Waals surface area contributed by atoms with Crippen molar-refractivity contribution in [3.63, 3.8) is 0 Å². The van der Waals surface area contributed by atoms with E-state index >= 15 is 0 Å². The number of rotatable bonds is 6. The van der Waals surface area contributed by atoms with Crippen molar-refractivity contribution >= 4 is 0 Å². The van der Waals surface area contributed by atoms with Crippen molar-refractivity contribution in [2.45, 2.75) is 59.7 Å². The Hall–Kier alpha value is -0.870. The highest BCUT2D eigenvalue weighted by Crippen LogP contribution is 2.23. The SMILES string of the molecule is CCOC(c1ncc(CNC(C)(C)C)[nH]1)C(C)C. The molecule has 1 unspecified atom stereocenters. The second-order valence-corrected chi connectivity index (χ2v) is 6.02. The van der Waals surface area contributed by atoms with Crippen molar-refractivity contribution < 1.29 is 4.74 Å². The molecule has 0 amide bonds. The van der Waals surface area contributed by atoms with Gasteiger partial charge in [-0.25, -0.2) is 4.98 Å². The average Bonchev–Trinajstić information content (AvgIpc) is 2.70. The van der Waals surface area contributed by atoms with Crippen LogP contribution in [0, 0.1) is 5.92 Å². The lowest BCUT2D eigenvalue weighted by atomic mass is 10.1. The van der Waals surface area contributed by atoms with Gasteiger partial charge >= 0.3 is 0 Å². The lowest BCUT2D eigenvalue weighted by molar-refractivity contribution is 0.0237. The number of nitrogens with zero attached hydrogens (tertiary/aromatic N) is 1. The summed E-state index contributed by atoms with van der Waals surface area (Å²) in [5.74, 6) is 1.34. The van der Waals surface area contributed by atoms with Gasteiger partial charge in [0.05, 0.1) is 0 Å². The lowest BCUT2D eigenvalue weighted by Gasteiger charge is -2.20. The van der Waals surface area contributed by atoms with Crippen LogP contribution in [0.3, 0.4) is 0 Å². The molecule has 1 heterocycles. The monoisotopic (exact) mass is 253 g/mol. The number of aromatic nitrogens is 2. The number of nitrogens with one attached hydrogen (secondary N) is 2. The van der Waals surface area contributed by atoms with Crippen LogP contribution in [-0.4, -0.2) is 22.1 Å². The first-order valence-electron chi connectivity index (χ1n) is 6.74. The molecular formula is C14H27N3O. The fraction of sp³-hybridized carbons (Fsp3) is 0.786. The van der Waals surface area contributed by atoms with E-state index < -0.39 is 0 Å². The Balaban J connectivity index is 2.66. The largest absolute Gasteiger partial charge is 0.370 e. The summed E-state index contributed by atoms with van der Waals surface area (Å²) in [6.07, 6.45) is 1.95. The van der Waals surface area contributed by atoms with Gasteiger partial charge in [-0.2, -0.15) is 0 Å². The fourth-order valence-electron chi connectivity index (χ4n) is 1.74. The van der Waals surface area contributed by atoms with Gasteiger partial charge in [-0.05, 0) is 33.6 Å². The van der Waals surface area contributed by atoms with Gasteiger partial charge in [-0.1, -0.05) is 13.8 Å². The molecule has 1 aromatic rings. The van der Waals surface area contributed by atoms with Crippen LogP contribution in [0.1, 0.15) is 59.2 Å². The summed E-state index contributed by atoms with van der Waals surface area (Å²) in [5.41, 5.74) is 1.22. The summed E-state index contributed by atoms with van der Waals surface area (Å²) in [7, 11) is 0. The second kappa shape index (κ2) is 6.34. The molecule has 0 saturated heterocycles. The summed E-state index contributed by atoms with van der Waals surface area (Å²) in [6.45, 7) is 14.3. The predicted octanol–water partition coefficient (Wildman–Crippen LogP) is 3.03. The van der Waals surface area contributed by atoms with E-state index in [4.69, 9.17) is 4.74 Å². The van der Waals surface area contributed by atoms with Crippen LogP contribution in [0.4, 0.5) is 0 Å². The molecule has 0 aliphatic rings. The van der Waals surface area contributed by atoms with E-state index in [1.54, 1.807) is 0 Å². The van der Waals surface area contributed by atoms with Crippen molar-refractivity contribution in [1.82, 2.24) is 15.3 Å². The molecule has 0 radical (unpaired) electrons. The van der Waals surface area contributed by atoms with Gasteiger partial charge in [-0.3, -0.25) is 0 Å². The summed E-state index contributed by atoms with van der Waals surface area (Å²) in [5, 5.41) is 3.44. The molecule has 0 aliphatic carbocycles. The number of hydrogen-bond donors (Lipinski definition) is 2. The van der Waals surface area contributed by atoms with Gasteiger partial charge in [0, 0.05) is 30.6 Å². The van der Waals surface area contributed by atoms with E-state index in [9.17, 15) is 0 Å². The predicted molar refractivity (Wildman–Crippen MR) is 74.4 cm³/mol. The highest BCUT2D eigenvalue weighted by Gasteiger charge is 2.19. The number of H-pyrrole nitrogens is 1. The first-order valence-corrected chi connectivity index (χ1v) is 6.74. The van der Waals surface area contributed by atoms with E-state index in [0.29, 0.717) is 12.5 Å². The first kappa shape index (κ1) is 15.2. The maximum atomic E-state index is 5.73. The number of ether oxygens (including phenoxy) is 1. The quantitative estimate of drug-likeness (QED) is 0.819. The Kier molecular flexibility index (Phi) is 5.35. The van der Waals surface area contributed by atoms with Crippen LogP contribution < -0.4 is 5.32 Å². The van der Waals surface area contributed by atoms with Crippen molar-refractivity contribution in [3.8, 4) is 0 Å². The minimum Gasteiger partial charge on any atom is -0.370 e. The van der Waals surface area contributed by atoms with Crippen LogP contribution in [0.25, 0.3) is 0 Å². The topological polar surface area (TPSA) is 49.9 Å². The Morgan fingerprint density at radius 1 is 1.39 bits per heavy atom. The molecule has 104 valence electrons. The van der Waals surface area contributed by atoms with Gasteiger partial charge < -0.3 is 15.0 Å². The molecule has 0 spiro atoms. The van der Waals surface area contributed by atoms with Gasteiger partial charge in [0.2, 0.25) is 0 Å². The third-order valence-corrected chi connectivity index (χ3v) is 2.68. The Morgan fingerprint density at radius 3 is 2.56 bits per heavy atom. The molecule has 4 nitrogen and oxygen atoms in total. The lowest BCUT2D eigenvalue weighted by Crippen LogP contribution is -2.35. The zero-order chi connectivity index (χ0) is 13.8. The molecule has 0 bridgehead atoms. The second-order valence-electron chi connectivity index (χ2n) is 6.02. The van der Waals surface area contributed by atoms with E-state index in [-0.39, 0.29) is 11.6 Å². The number of aromatic amines is 1. The first-order chi connectivity index (χ1) is 8.33. The molecule has 1 rings (SSSR count). The third kappa shape index (κ3) is 4.78. The zero-order valence-corrected chi connectivity index (χ0v) is 12.5. The standard InChI is InChI=1S/C14H27N3O/c1-7-18-12(10(2)3)13-15-8-11(17-13)9-16-14(4,5)6/h8,10,12,16H,7,9H2,1-6H3,(H,15,17). The van der Waals surface area contributed by atoms with E-state index in [1.807, 2.05) is 13.1 Å².